The summed E-state index contributed by atoms with van der Waals surface area (Å²) in [7, 11) is 0. The van der Waals surface area contributed by atoms with Gasteiger partial charge >= 0.3 is 11.8 Å². The van der Waals surface area contributed by atoms with E-state index in [0.29, 0.717) is 6.07 Å². The van der Waals surface area contributed by atoms with Crippen LogP contribution in [0, 0.1) is 0 Å². The van der Waals surface area contributed by atoms with E-state index < -0.39 is 17.4 Å². The van der Waals surface area contributed by atoms with Gasteiger partial charge in [0.05, 0.1) is 5.56 Å². The molecule has 4 nitrogen and oxygen atoms in total. The number of rotatable bonds is 1. The molecule has 0 spiro atoms. The predicted molar refractivity (Wildman–Crippen MR) is 67.9 cm³/mol. The molecule has 0 fully saturated rings. The van der Waals surface area contributed by atoms with Gasteiger partial charge in [-0.1, -0.05) is 0 Å². The van der Waals surface area contributed by atoms with E-state index in [4.69, 9.17) is 10.2 Å². The molecule has 0 saturated carbocycles. The van der Waals surface area contributed by atoms with Gasteiger partial charge in [-0.05, 0) is 30.4 Å². The first-order chi connectivity index (χ1) is 8.77. The summed E-state index contributed by atoms with van der Waals surface area (Å²) in [5, 5.41) is 2.19. The summed E-state index contributed by atoms with van der Waals surface area (Å²) in [5.74, 6) is 0. The Labute approximate surface area is 110 Å². The van der Waals surface area contributed by atoms with Crippen LogP contribution in [0.15, 0.2) is 33.5 Å². The molecular formula is C11H7F3N2O2S. The molecule has 0 radical (unpaired) electrons. The summed E-state index contributed by atoms with van der Waals surface area (Å²) in [6.07, 6.45) is -4.66. The summed E-state index contributed by atoms with van der Waals surface area (Å²) < 4.78 is 43.2. The predicted octanol–water partition coefficient (Wildman–Crippen LogP) is 2.47. The molecule has 0 aliphatic heterocycles. The number of halogens is 3. The quantitative estimate of drug-likeness (QED) is 0.623. The molecule has 0 aliphatic rings. The van der Waals surface area contributed by atoms with E-state index in [1.54, 1.807) is 0 Å². The lowest BCUT2D eigenvalue weighted by Gasteiger charge is -2.10. The number of benzene rings is 1. The van der Waals surface area contributed by atoms with E-state index in [-0.39, 0.29) is 21.8 Å². The van der Waals surface area contributed by atoms with E-state index in [9.17, 15) is 18.0 Å². The Kier molecular flexibility index (Phi) is 3.19. The Hall–Kier alpha value is -2.09. The van der Waals surface area contributed by atoms with Gasteiger partial charge in [0.2, 0.25) is 0 Å². The Balaban J connectivity index is 2.72. The third-order valence-electron chi connectivity index (χ3n) is 2.32. The smallest absolute Gasteiger partial charge is 0.417 e. The zero-order valence-electron chi connectivity index (χ0n) is 9.25. The lowest BCUT2D eigenvalue weighted by Crippen LogP contribution is -2.19. The van der Waals surface area contributed by atoms with Crippen molar-refractivity contribution in [3.05, 3.63) is 40.2 Å². The van der Waals surface area contributed by atoms with Crippen LogP contribution in [0.1, 0.15) is 5.56 Å². The van der Waals surface area contributed by atoms with Crippen molar-refractivity contribution in [3.63, 3.8) is 0 Å². The third-order valence-corrected chi connectivity index (χ3v) is 2.42. The summed E-state index contributed by atoms with van der Waals surface area (Å²) in [4.78, 5) is 11.1. The van der Waals surface area contributed by atoms with Gasteiger partial charge in [-0.3, -0.25) is 0 Å². The van der Waals surface area contributed by atoms with Crippen molar-refractivity contribution in [2.24, 2.45) is 5.73 Å². The molecule has 0 atom stereocenters. The highest BCUT2D eigenvalue weighted by atomic mass is 32.1. The molecular weight excluding hydrogens is 281 g/mol. The topological polar surface area (TPSA) is 68.3 Å². The highest BCUT2D eigenvalue weighted by molar-refractivity contribution is 7.80. The molecule has 0 bridgehead atoms. The molecule has 8 heteroatoms. The van der Waals surface area contributed by atoms with Gasteiger partial charge in [-0.15, -0.1) is 0 Å². The summed E-state index contributed by atoms with van der Waals surface area (Å²) in [6.45, 7) is 0. The lowest BCUT2D eigenvalue weighted by atomic mass is 10.1. The van der Waals surface area contributed by atoms with Crippen LogP contribution in [0.25, 0.3) is 11.0 Å². The van der Waals surface area contributed by atoms with Crippen LogP contribution >= 0.6 is 12.2 Å². The zero-order valence-corrected chi connectivity index (χ0v) is 10.1. The fraction of sp³-hybridized carbons (Fsp3) is 0.0909. The summed E-state index contributed by atoms with van der Waals surface area (Å²) in [6, 6.07) is 4.23. The number of fused-ring (bicyclic) bond motifs is 1. The van der Waals surface area contributed by atoms with Crippen LogP contribution in [0.2, 0.25) is 0 Å². The number of anilines is 1. The Bertz CT molecular complexity index is 709. The summed E-state index contributed by atoms with van der Waals surface area (Å²) in [5.41, 5.74) is 3.23. The minimum atomic E-state index is -4.66. The first-order valence-electron chi connectivity index (χ1n) is 4.99. The maximum Gasteiger partial charge on any atom is 0.417 e. The van der Waals surface area contributed by atoms with E-state index in [2.05, 4.69) is 17.5 Å². The molecule has 0 aliphatic carbocycles. The number of hydrogen-bond acceptors (Lipinski definition) is 3. The monoisotopic (exact) mass is 288 g/mol. The second kappa shape index (κ2) is 4.54. The number of nitrogens with one attached hydrogen (secondary N) is 1. The van der Waals surface area contributed by atoms with Gasteiger partial charge < -0.3 is 15.5 Å². The van der Waals surface area contributed by atoms with E-state index in [1.165, 1.54) is 18.2 Å². The highest BCUT2D eigenvalue weighted by Gasteiger charge is 2.33. The number of alkyl halides is 3. The highest BCUT2D eigenvalue weighted by Crippen LogP contribution is 2.34. The van der Waals surface area contributed by atoms with E-state index >= 15 is 0 Å². The molecule has 0 unspecified atom stereocenters. The lowest BCUT2D eigenvalue weighted by molar-refractivity contribution is -0.136. The largest absolute Gasteiger partial charge is 0.423 e. The average molecular weight is 288 g/mol. The van der Waals surface area contributed by atoms with Gasteiger partial charge in [-0.2, -0.15) is 13.2 Å². The van der Waals surface area contributed by atoms with Gasteiger partial charge in [-0.25, -0.2) is 4.79 Å². The first-order valence-corrected chi connectivity index (χ1v) is 5.40. The van der Waals surface area contributed by atoms with Crippen molar-refractivity contribution in [1.29, 1.82) is 0 Å². The Morgan fingerprint density at radius 1 is 1.32 bits per heavy atom. The Morgan fingerprint density at radius 3 is 2.58 bits per heavy atom. The van der Waals surface area contributed by atoms with Crippen LogP contribution in [-0.2, 0) is 6.18 Å². The van der Waals surface area contributed by atoms with Crippen molar-refractivity contribution >= 4 is 34.0 Å². The van der Waals surface area contributed by atoms with Gasteiger partial charge in [0.25, 0.3) is 0 Å². The van der Waals surface area contributed by atoms with Crippen LogP contribution in [0.3, 0.4) is 0 Å². The van der Waals surface area contributed by atoms with Crippen LogP contribution in [0.4, 0.5) is 18.9 Å². The van der Waals surface area contributed by atoms with Crippen molar-refractivity contribution in [2.75, 3.05) is 5.32 Å². The normalized spacial score (nSPS) is 11.5. The van der Waals surface area contributed by atoms with Gasteiger partial charge in [0.1, 0.15) is 5.58 Å². The van der Waals surface area contributed by atoms with Crippen molar-refractivity contribution in [2.45, 2.75) is 6.18 Å². The average Bonchev–Trinajstić information content (AvgIpc) is 2.26. The molecule has 2 rings (SSSR count). The van der Waals surface area contributed by atoms with Crippen molar-refractivity contribution in [1.82, 2.24) is 0 Å². The molecule has 3 N–H and O–H groups in total. The Morgan fingerprint density at radius 2 is 2.00 bits per heavy atom. The van der Waals surface area contributed by atoms with Crippen LogP contribution in [-0.4, -0.2) is 5.11 Å². The maximum absolute atomic E-state index is 12.8. The molecule has 1 aromatic heterocycles. The van der Waals surface area contributed by atoms with Crippen LogP contribution in [0.5, 0.6) is 0 Å². The molecule has 19 heavy (non-hydrogen) atoms. The minimum absolute atomic E-state index is 0.0784. The number of hydrogen-bond donors (Lipinski definition) is 2. The molecule has 0 saturated heterocycles. The van der Waals surface area contributed by atoms with Crippen molar-refractivity contribution < 1.29 is 17.6 Å². The second-order valence-electron chi connectivity index (χ2n) is 3.68. The minimum Gasteiger partial charge on any atom is -0.423 e. The van der Waals surface area contributed by atoms with Crippen LogP contribution < -0.4 is 16.7 Å². The molecule has 0 amide bonds. The fourth-order valence-electron chi connectivity index (χ4n) is 1.62. The summed E-state index contributed by atoms with van der Waals surface area (Å²) >= 11 is 4.60. The maximum atomic E-state index is 12.8. The molecule has 100 valence electrons. The zero-order chi connectivity index (χ0) is 14.2. The van der Waals surface area contributed by atoms with E-state index in [0.717, 1.165) is 0 Å². The van der Waals surface area contributed by atoms with Gasteiger partial charge in [0.15, 0.2) is 5.11 Å². The molecule has 1 aromatic carbocycles. The number of thiocarbonyl (C=S) groups is 1. The molecule has 2 aromatic rings. The number of nitrogens with two attached hydrogens (primary N) is 1. The second-order valence-corrected chi connectivity index (χ2v) is 4.12. The first kappa shape index (κ1) is 13.3. The molecule has 1 heterocycles. The third kappa shape index (κ3) is 2.84. The standard InChI is InChI=1S/C11H7F3N2O2S/c12-11(13,14)7-4-9(17)18-8-2-1-5(3-6(7)8)16-10(15)19/h1-4H,(H3,15,16,19). The fourth-order valence-corrected chi connectivity index (χ4v) is 1.74. The SMILES string of the molecule is NC(=S)Nc1ccc2oc(=O)cc(C(F)(F)F)c2c1. The van der Waals surface area contributed by atoms with Gasteiger partial charge in [0, 0.05) is 17.1 Å². The van der Waals surface area contributed by atoms with Crippen molar-refractivity contribution in [3.8, 4) is 0 Å². The van der Waals surface area contributed by atoms with E-state index in [1.807, 2.05) is 0 Å².